The van der Waals surface area contributed by atoms with Crippen molar-refractivity contribution in [1.29, 1.82) is 0 Å². The number of likely N-dealkylation sites (tertiary alicyclic amines) is 1. The van der Waals surface area contributed by atoms with Gasteiger partial charge in [0, 0.05) is 31.0 Å². The maximum absolute atomic E-state index is 12.1. The van der Waals surface area contributed by atoms with Crippen molar-refractivity contribution in [1.82, 2.24) is 10.2 Å². The van der Waals surface area contributed by atoms with Crippen molar-refractivity contribution in [3.05, 3.63) is 0 Å². The SMILES string of the molecule is O=C(O)[C@@H]1CC(O)CN1C(=O)C1CSCCN1. The molecule has 0 spiro atoms. The number of aliphatic hydroxyl groups is 1. The summed E-state index contributed by atoms with van der Waals surface area (Å²) >= 11 is 1.68. The topological polar surface area (TPSA) is 89.9 Å². The van der Waals surface area contributed by atoms with E-state index in [0.717, 1.165) is 12.3 Å². The first-order chi connectivity index (χ1) is 8.09. The Balaban J connectivity index is 2.04. The highest BCUT2D eigenvalue weighted by Gasteiger charge is 2.41. The molecule has 0 saturated carbocycles. The van der Waals surface area contributed by atoms with Gasteiger partial charge >= 0.3 is 5.97 Å². The third kappa shape index (κ3) is 2.72. The molecule has 0 aromatic rings. The van der Waals surface area contributed by atoms with Crippen molar-refractivity contribution in [2.45, 2.75) is 24.6 Å². The van der Waals surface area contributed by atoms with Crippen LogP contribution in [0.1, 0.15) is 6.42 Å². The summed E-state index contributed by atoms with van der Waals surface area (Å²) in [6.45, 7) is 0.883. The molecule has 0 bridgehead atoms. The Morgan fingerprint density at radius 1 is 1.41 bits per heavy atom. The highest BCUT2D eigenvalue weighted by Crippen LogP contribution is 2.20. The van der Waals surface area contributed by atoms with Crippen LogP contribution in [-0.4, -0.2) is 69.8 Å². The van der Waals surface area contributed by atoms with Crippen molar-refractivity contribution in [2.24, 2.45) is 0 Å². The number of aliphatic carboxylic acids is 1. The lowest BCUT2D eigenvalue weighted by molar-refractivity contribution is -0.148. The van der Waals surface area contributed by atoms with Crippen molar-refractivity contribution >= 4 is 23.6 Å². The van der Waals surface area contributed by atoms with Gasteiger partial charge in [-0.2, -0.15) is 11.8 Å². The molecule has 17 heavy (non-hydrogen) atoms. The molecule has 2 heterocycles. The summed E-state index contributed by atoms with van der Waals surface area (Å²) in [5.41, 5.74) is 0. The van der Waals surface area contributed by atoms with E-state index in [1.165, 1.54) is 4.90 Å². The predicted molar refractivity (Wildman–Crippen MR) is 62.9 cm³/mol. The van der Waals surface area contributed by atoms with Gasteiger partial charge < -0.3 is 20.4 Å². The monoisotopic (exact) mass is 260 g/mol. The summed E-state index contributed by atoms with van der Waals surface area (Å²) in [5, 5.41) is 21.6. The molecule has 3 atom stereocenters. The molecule has 2 aliphatic rings. The Morgan fingerprint density at radius 2 is 2.18 bits per heavy atom. The Hall–Kier alpha value is -0.790. The number of carboxylic acids is 1. The molecule has 0 aromatic carbocycles. The lowest BCUT2D eigenvalue weighted by Gasteiger charge is -2.29. The highest BCUT2D eigenvalue weighted by molar-refractivity contribution is 7.99. The maximum Gasteiger partial charge on any atom is 0.326 e. The molecule has 2 saturated heterocycles. The molecule has 7 heteroatoms. The Kier molecular flexibility index (Phi) is 3.90. The zero-order chi connectivity index (χ0) is 12.4. The number of carbonyl (C=O) groups excluding carboxylic acids is 1. The van der Waals surface area contributed by atoms with E-state index in [-0.39, 0.29) is 24.9 Å². The van der Waals surface area contributed by atoms with Gasteiger partial charge in [-0.25, -0.2) is 4.79 Å². The van der Waals surface area contributed by atoms with E-state index < -0.39 is 18.1 Å². The van der Waals surface area contributed by atoms with Gasteiger partial charge in [-0.05, 0) is 0 Å². The molecule has 2 fully saturated rings. The van der Waals surface area contributed by atoms with Crippen LogP contribution in [0, 0.1) is 0 Å². The van der Waals surface area contributed by atoms with Crippen LogP contribution in [0.15, 0.2) is 0 Å². The summed E-state index contributed by atoms with van der Waals surface area (Å²) in [6, 6.07) is -1.20. The summed E-state index contributed by atoms with van der Waals surface area (Å²) in [4.78, 5) is 24.4. The Morgan fingerprint density at radius 3 is 2.76 bits per heavy atom. The first-order valence-corrected chi connectivity index (χ1v) is 6.77. The number of rotatable bonds is 2. The number of nitrogens with one attached hydrogen (secondary N) is 1. The molecule has 2 unspecified atom stereocenters. The van der Waals surface area contributed by atoms with Crippen LogP contribution in [0.4, 0.5) is 0 Å². The van der Waals surface area contributed by atoms with E-state index in [1.807, 2.05) is 0 Å². The van der Waals surface area contributed by atoms with Gasteiger partial charge in [-0.3, -0.25) is 4.79 Å². The molecule has 0 radical (unpaired) electrons. The van der Waals surface area contributed by atoms with Crippen molar-refractivity contribution in [2.75, 3.05) is 24.6 Å². The number of carbonyl (C=O) groups is 2. The van der Waals surface area contributed by atoms with Gasteiger partial charge in [0.05, 0.1) is 12.1 Å². The molecule has 2 rings (SSSR count). The average molecular weight is 260 g/mol. The second-order valence-electron chi connectivity index (χ2n) is 4.32. The van der Waals surface area contributed by atoms with Crippen molar-refractivity contribution < 1.29 is 19.8 Å². The molecule has 0 aliphatic carbocycles. The molecular formula is C10H16N2O4S. The van der Waals surface area contributed by atoms with Crippen LogP contribution in [-0.2, 0) is 9.59 Å². The average Bonchev–Trinajstić information content (AvgIpc) is 2.72. The fraction of sp³-hybridized carbons (Fsp3) is 0.800. The fourth-order valence-electron chi connectivity index (χ4n) is 2.22. The van der Waals surface area contributed by atoms with Gasteiger partial charge in [-0.1, -0.05) is 0 Å². The minimum atomic E-state index is -1.04. The standard InChI is InChI=1S/C10H16N2O4S/c13-6-3-8(10(15)16)12(4-6)9(14)7-5-17-2-1-11-7/h6-8,11,13H,1-5H2,(H,15,16)/t6?,7?,8-/m0/s1. The maximum atomic E-state index is 12.1. The number of thioether (sulfide) groups is 1. The van der Waals surface area contributed by atoms with E-state index >= 15 is 0 Å². The number of hydrogen-bond acceptors (Lipinski definition) is 5. The third-order valence-corrected chi connectivity index (χ3v) is 4.13. The van der Waals surface area contributed by atoms with Crippen LogP contribution < -0.4 is 5.32 Å². The summed E-state index contributed by atoms with van der Waals surface area (Å²) in [5.74, 6) is 0.381. The molecule has 3 N–H and O–H groups in total. The van der Waals surface area contributed by atoms with E-state index in [4.69, 9.17) is 5.11 Å². The minimum absolute atomic E-state index is 0.124. The molecule has 1 amide bonds. The van der Waals surface area contributed by atoms with Crippen LogP contribution >= 0.6 is 11.8 Å². The van der Waals surface area contributed by atoms with Gasteiger partial charge in [-0.15, -0.1) is 0 Å². The second-order valence-corrected chi connectivity index (χ2v) is 5.47. The number of carboxylic acid groups (broad SMARTS) is 1. The lowest BCUT2D eigenvalue weighted by Crippen LogP contribution is -2.53. The van der Waals surface area contributed by atoms with Crippen molar-refractivity contribution in [3.63, 3.8) is 0 Å². The molecule has 0 aromatic heterocycles. The number of aliphatic hydroxyl groups excluding tert-OH is 1. The van der Waals surface area contributed by atoms with E-state index in [9.17, 15) is 14.7 Å². The third-order valence-electron chi connectivity index (χ3n) is 3.07. The number of nitrogens with zero attached hydrogens (tertiary/aromatic N) is 1. The second kappa shape index (κ2) is 5.24. The van der Waals surface area contributed by atoms with Gasteiger partial charge in [0.1, 0.15) is 6.04 Å². The van der Waals surface area contributed by atoms with Crippen LogP contribution in [0.5, 0.6) is 0 Å². The largest absolute Gasteiger partial charge is 0.480 e. The normalized spacial score (nSPS) is 33.7. The quantitative estimate of drug-likeness (QED) is 0.574. The van der Waals surface area contributed by atoms with Crippen LogP contribution in [0.25, 0.3) is 0 Å². The van der Waals surface area contributed by atoms with E-state index in [1.54, 1.807) is 11.8 Å². The van der Waals surface area contributed by atoms with Gasteiger partial charge in [0.15, 0.2) is 0 Å². The van der Waals surface area contributed by atoms with Crippen LogP contribution in [0.3, 0.4) is 0 Å². The van der Waals surface area contributed by atoms with E-state index in [0.29, 0.717) is 5.75 Å². The lowest BCUT2D eigenvalue weighted by atomic mass is 10.2. The van der Waals surface area contributed by atoms with Crippen molar-refractivity contribution in [3.8, 4) is 0 Å². The van der Waals surface area contributed by atoms with E-state index in [2.05, 4.69) is 5.32 Å². The van der Waals surface area contributed by atoms with Crippen LogP contribution in [0.2, 0.25) is 0 Å². The zero-order valence-corrected chi connectivity index (χ0v) is 10.2. The van der Waals surface area contributed by atoms with Gasteiger partial charge in [0.2, 0.25) is 5.91 Å². The first-order valence-electron chi connectivity index (χ1n) is 5.62. The predicted octanol–water partition coefficient (Wildman–Crippen LogP) is -1.26. The smallest absolute Gasteiger partial charge is 0.326 e. The first kappa shape index (κ1) is 12.7. The fourth-order valence-corrected chi connectivity index (χ4v) is 3.14. The molecule has 2 aliphatic heterocycles. The summed E-state index contributed by atoms with van der Waals surface area (Å²) in [6.07, 6.45) is -0.600. The Bertz CT molecular complexity index is 319. The molecule has 96 valence electrons. The summed E-state index contributed by atoms with van der Waals surface area (Å²) in [7, 11) is 0. The number of β-amino-alcohol motifs (C(OH)–C–C–N with tert-alkyl or cyclic N) is 1. The highest BCUT2D eigenvalue weighted by atomic mass is 32.2. The minimum Gasteiger partial charge on any atom is -0.480 e. The number of hydrogen-bond donors (Lipinski definition) is 3. The van der Waals surface area contributed by atoms with Gasteiger partial charge in [0.25, 0.3) is 0 Å². The zero-order valence-electron chi connectivity index (χ0n) is 9.33. The Labute approximate surface area is 103 Å². The number of amides is 1. The molecular weight excluding hydrogens is 244 g/mol. The molecule has 6 nitrogen and oxygen atoms in total. The summed E-state index contributed by atoms with van der Waals surface area (Å²) < 4.78 is 0.